The highest BCUT2D eigenvalue weighted by Crippen LogP contribution is 2.56. The van der Waals surface area contributed by atoms with Crippen LogP contribution in [0.3, 0.4) is 0 Å². The van der Waals surface area contributed by atoms with Gasteiger partial charge in [0.1, 0.15) is 0 Å². The van der Waals surface area contributed by atoms with Crippen LogP contribution < -0.4 is 10.6 Å². The molecule has 0 saturated carbocycles. The van der Waals surface area contributed by atoms with E-state index in [4.69, 9.17) is 0 Å². The molecule has 25 heavy (non-hydrogen) atoms. The summed E-state index contributed by atoms with van der Waals surface area (Å²) in [4.78, 5) is 0. The molecule has 2 aromatic carbocycles. The number of hydrogen-bond acceptors (Lipinski definition) is 0. The van der Waals surface area contributed by atoms with Crippen molar-refractivity contribution >= 4 is 26.5 Å². The summed E-state index contributed by atoms with van der Waals surface area (Å²) in [7, 11) is -4.98. The van der Waals surface area contributed by atoms with Crippen LogP contribution in [0.5, 0.6) is 0 Å². The van der Waals surface area contributed by atoms with Crippen LogP contribution in [0, 0.1) is 0 Å². The van der Waals surface area contributed by atoms with E-state index in [0.717, 1.165) is 0 Å². The molecule has 0 aromatic heterocycles. The summed E-state index contributed by atoms with van der Waals surface area (Å²) in [5.74, 6) is -8.82. The molecule has 0 nitrogen and oxygen atoms in total. The van der Waals surface area contributed by atoms with E-state index in [9.17, 15) is 26.3 Å². The van der Waals surface area contributed by atoms with Crippen molar-refractivity contribution in [1.29, 1.82) is 0 Å². The van der Waals surface area contributed by atoms with Gasteiger partial charge < -0.3 is 0 Å². The highest BCUT2D eigenvalue weighted by molar-refractivity contribution is 7.67. The quantitative estimate of drug-likeness (QED) is 0.413. The summed E-state index contributed by atoms with van der Waals surface area (Å²) >= 11 is 0. The number of hydrogen-bond donors (Lipinski definition) is 0. The van der Waals surface area contributed by atoms with Crippen molar-refractivity contribution in [3.05, 3.63) is 60.7 Å². The van der Waals surface area contributed by atoms with Gasteiger partial charge >= 0.3 is 11.8 Å². The van der Waals surface area contributed by atoms with E-state index < -0.39 is 27.7 Å². The average molecular weight is 396 g/mol. The van der Waals surface area contributed by atoms with Gasteiger partial charge in [-0.05, 0) is 29.4 Å². The first-order valence-electron chi connectivity index (χ1n) is 7.48. The lowest BCUT2D eigenvalue weighted by atomic mass is 10.4. The van der Waals surface area contributed by atoms with Crippen LogP contribution in [0.15, 0.2) is 60.7 Å². The summed E-state index contributed by atoms with van der Waals surface area (Å²) in [5.41, 5.74) is 0. The van der Waals surface area contributed by atoms with Gasteiger partial charge in [0, 0.05) is 15.8 Å². The molecule has 0 fully saturated rings. The number of halogens is 6. The second-order valence-corrected chi connectivity index (χ2v) is 9.92. The fourth-order valence-corrected chi connectivity index (χ4v) is 6.28. The van der Waals surface area contributed by atoms with Crippen molar-refractivity contribution in [1.82, 2.24) is 0 Å². The number of benzene rings is 2. The van der Waals surface area contributed by atoms with Crippen molar-refractivity contribution in [3.63, 3.8) is 0 Å². The highest BCUT2D eigenvalue weighted by Gasteiger charge is 2.42. The minimum absolute atomic E-state index is 0.111. The van der Waals surface area contributed by atoms with E-state index >= 15 is 0 Å². The first kappa shape index (κ1) is 20.2. The highest BCUT2D eigenvalue weighted by atomic mass is 31.1. The Morgan fingerprint density at radius 1 is 0.560 bits per heavy atom. The van der Waals surface area contributed by atoms with E-state index in [-0.39, 0.29) is 29.4 Å². The molecule has 0 saturated heterocycles. The lowest BCUT2D eigenvalue weighted by Crippen LogP contribution is -2.20. The van der Waals surface area contributed by atoms with E-state index in [2.05, 4.69) is 0 Å². The van der Waals surface area contributed by atoms with Crippen LogP contribution in [-0.4, -0.2) is 24.2 Å². The molecule has 0 amide bonds. The lowest BCUT2D eigenvalue weighted by Gasteiger charge is -2.24. The standard InChI is InChI=1S/C17H16F6P2/c18-16(19,20)24(14-8-3-1-4-9-14)12-7-13-25(17(21,22)23)15-10-5-2-6-11-15/h1-6,8-11H,7,12-13H2. The third-order valence-electron chi connectivity index (χ3n) is 3.51. The van der Waals surface area contributed by atoms with Gasteiger partial charge in [0.15, 0.2) is 0 Å². The third-order valence-corrected chi connectivity index (χ3v) is 8.11. The summed E-state index contributed by atoms with van der Waals surface area (Å²) in [6.45, 7) is 0. The predicted octanol–water partition coefficient (Wildman–Crippen LogP) is 6.03. The molecule has 0 radical (unpaired) electrons. The minimum Gasteiger partial charge on any atom is -0.167 e. The zero-order chi connectivity index (χ0) is 18.5. The van der Waals surface area contributed by atoms with Crippen LogP contribution >= 0.6 is 15.8 Å². The number of alkyl halides is 6. The van der Waals surface area contributed by atoms with Gasteiger partial charge in [0.25, 0.3) is 0 Å². The SMILES string of the molecule is FC(F)(F)P(CCCP(c1ccccc1)C(F)(F)F)c1ccccc1. The smallest absolute Gasteiger partial charge is 0.167 e. The summed E-state index contributed by atoms with van der Waals surface area (Å²) in [6.07, 6.45) is -0.685. The topological polar surface area (TPSA) is 0 Å². The molecule has 0 N–H and O–H groups in total. The van der Waals surface area contributed by atoms with Crippen molar-refractivity contribution in [2.75, 3.05) is 12.3 Å². The van der Waals surface area contributed by atoms with Crippen LogP contribution in [-0.2, 0) is 0 Å². The van der Waals surface area contributed by atoms with Gasteiger partial charge in [0.2, 0.25) is 0 Å². The molecule has 2 atom stereocenters. The first-order chi connectivity index (χ1) is 11.7. The monoisotopic (exact) mass is 396 g/mol. The molecule has 2 aromatic rings. The van der Waals surface area contributed by atoms with Crippen molar-refractivity contribution < 1.29 is 26.3 Å². The molecule has 8 heteroatoms. The zero-order valence-corrected chi connectivity index (χ0v) is 14.8. The Bertz CT molecular complexity index is 582. The molecule has 0 spiro atoms. The van der Waals surface area contributed by atoms with Gasteiger partial charge in [-0.25, -0.2) is 0 Å². The summed E-state index contributed by atoms with van der Waals surface area (Å²) < 4.78 is 79.8. The van der Waals surface area contributed by atoms with Gasteiger partial charge in [-0.1, -0.05) is 60.7 Å². The second kappa shape index (κ2) is 8.51. The Balaban J connectivity index is 2.09. The van der Waals surface area contributed by atoms with Crippen molar-refractivity contribution in [3.8, 4) is 0 Å². The summed E-state index contributed by atoms with van der Waals surface area (Å²) in [6, 6.07) is 14.9. The first-order valence-corrected chi connectivity index (χ1v) is 10.5. The molecule has 2 unspecified atom stereocenters. The molecule has 2 rings (SSSR count). The molecule has 0 aliphatic heterocycles. The van der Waals surface area contributed by atoms with Crippen LogP contribution in [0.2, 0.25) is 0 Å². The lowest BCUT2D eigenvalue weighted by molar-refractivity contribution is -0.0394. The maximum absolute atomic E-state index is 13.3. The molecule has 0 aliphatic carbocycles. The second-order valence-electron chi connectivity index (χ2n) is 5.26. The third kappa shape index (κ3) is 5.97. The van der Waals surface area contributed by atoms with Gasteiger partial charge in [-0.2, -0.15) is 26.3 Å². The normalized spacial score (nSPS) is 15.0. The van der Waals surface area contributed by atoms with Crippen LogP contribution in [0.1, 0.15) is 6.42 Å². The summed E-state index contributed by atoms with van der Waals surface area (Å²) in [5, 5.41) is 0.307. The maximum atomic E-state index is 13.3. The molecule has 0 heterocycles. The molecular weight excluding hydrogens is 380 g/mol. The molecule has 0 aliphatic rings. The van der Waals surface area contributed by atoms with Crippen LogP contribution in [0.4, 0.5) is 26.3 Å². The van der Waals surface area contributed by atoms with Gasteiger partial charge in [0.05, 0.1) is 0 Å². The largest absolute Gasteiger partial charge is 0.409 e. The van der Waals surface area contributed by atoms with Gasteiger partial charge in [-0.15, -0.1) is 0 Å². The Morgan fingerprint density at radius 2 is 0.880 bits per heavy atom. The van der Waals surface area contributed by atoms with Gasteiger partial charge in [-0.3, -0.25) is 0 Å². The van der Waals surface area contributed by atoms with Crippen molar-refractivity contribution in [2.45, 2.75) is 18.3 Å². The van der Waals surface area contributed by atoms with E-state index in [1.165, 1.54) is 48.5 Å². The van der Waals surface area contributed by atoms with E-state index in [1.54, 1.807) is 12.1 Å². The average Bonchev–Trinajstić information content (AvgIpc) is 2.54. The Hall–Kier alpha value is -1.12. The Labute approximate surface area is 144 Å². The molecule has 136 valence electrons. The minimum atomic E-state index is -4.41. The maximum Gasteiger partial charge on any atom is 0.409 e. The van der Waals surface area contributed by atoms with E-state index in [1.807, 2.05) is 0 Å². The van der Waals surface area contributed by atoms with Crippen molar-refractivity contribution in [2.24, 2.45) is 0 Å². The fourth-order valence-electron chi connectivity index (χ4n) is 2.41. The molecular formula is C17H16F6P2. The zero-order valence-electron chi connectivity index (χ0n) is 13.1. The fraction of sp³-hybridized carbons (Fsp3) is 0.294. The Kier molecular flexibility index (Phi) is 6.87. The molecule has 0 bridgehead atoms. The van der Waals surface area contributed by atoms with E-state index in [0.29, 0.717) is 0 Å². The number of rotatable bonds is 6. The Morgan fingerprint density at radius 3 is 1.16 bits per heavy atom. The van der Waals surface area contributed by atoms with Crippen LogP contribution in [0.25, 0.3) is 0 Å². The predicted molar refractivity (Wildman–Crippen MR) is 92.5 cm³/mol.